The number of carbonyl (C=O) groups is 3. The van der Waals surface area contributed by atoms with Crippen LogP contribution in [0.5, 0.6) is 0 Å². The van der Waals surface area contributed by atoms with Crippen molar-refractivity contribution in [2.24, 2.45) is 5.73 Å². The molecule has 0 bridgehead atoms. The molecular weight excluding hydrogens is 797 g/mol. The number of para-hydroxylation sites is 4. The first-order valence-electron chi connectivity index (χ1n) is 21.9. The first kappa shape index (κ1) is 43.0. The number of H-pyrrole nitrogens is 2. The molecule has 2 amide bonds. The first-order valence-corrected chi connectivity index (χ1v) is 21.9. The van der Waals surface area contributed by atoms with Gasteiger partial charge in [0, 0.05) is 49.4 Å². The number of amides is 2. The molecule has 4 aromatic heterocycles. The van der Waals surface area contributed by atoms with E-state index in [-0.39, 0.29) is 29.9 Å². The fraction of sp³-hybridized carbons (Fsp3) is 0.354. The zero-order chi connectivity index (χ0) is 43.7. The van der Waals surface area contributed by atoms with Gasteiger partial charge in [-0.2, -0.15) is 0 Å². The number of oxazole rings is 2. The van der Waals surface area contributed by atoms with Crippen molar-refractivity contribution in [2.75, 3.05) is 13.1 Å². The average molecular weight is 851 g/mol. The largest absolute Gasteiger partial charge is 0.443 e. The van der Waals surface area contributed by atoms with Crippen molar-refractivity contribution >= 4 is 62.4 Å². The van der Waals surface area contributed by atoms with Crippen LogP contribution in [0.15, 0.2) is 107 Å². The Balaban J connectivity index is 0.000000146. The second-order valence-electron chi connectivity index (χ2n) is 16.2. The maximum Gasteiger partial charge on any atom is 0.289 e. The third-order valence-electron chi connectivity index (χ3n) is 12.1. The molecular formula is C48H54N10O5. The van der Waals surface area contributed by atoms with Gasteiger partial charge in [-0.05, 0) is 125 Å². The molecule has 5 N–H and O–H groups in total. The Morgan fingerprint density at radius 3 is 1.84 bits per heavy atom. The van der Waals surface area contributed by atoms with Gasteiger partial charge < -0.3 is 39.7 Å². The Kier molecular flexibility index (Phi) is 13.6. The van der Waals surface area contributed by atoms with Crippen molar-refractivity contribution in [3.8, 4) is 0 Å². The van der Waals surface area contributed by atoms with Gasteiger partial charge >= 0.3 is 0 Å². The molecule has 2 aliphatic carbocycles. The highest BCUT2D eigenvalue weighted by molar-refractivity contribution is 5.95. The van der Waals surface area contributed by atoms with Crippen molar-refractivity contribution in [3.63, 3.8) is 0 Å². The minimum Gasteiger partial charge on any atom is -0.443 e. The molecule has 4 atom stereocenters. The van der Waals surface area contributed by atoms with E-state index in [0.717, 1.165) is 103 Å². The molecule has 326 valence electrons. The van der Waals surface area contributed by atoms with Crippen LogP contribution in [-0.4, -0.2) is 95.1 Å². The van der Waals surface area contributed by atoms with E-state index in [4.69, 9.17) is 14.6 Å². The quantitative estimate of drug-likeness (QED) is 0.0965. The second kappa shape index (κ2) is 20.0. The zero-order valence-electron chi connectivity index (χ0n) is 35.7. The Bertz CT molecular complexity index is 2720. The zero-order valence-corrected chi connectivity index (χ0v) is 35.7. The summed E-state index contributed by atoms with van der Waals surface area (Å²) < 4.78 is 10.4. The number of hydrogen-bond acceptors (Lipinski definition) is 11. The van der Waals surface area contributed by atoms with Crippen molar-refractivity contribution in [1.82, 2.24) is 45.0 Å². The van der Waals surface area contributed by atoms with E-state index < -0.39 is 0 Å². The number of imidazole rings is 2. The summed E-state index contributed by atoms with van der Waals surface area (Å²) in [5.41, 5.74) is 14.4. The van der Waals surface area contributed by atoms with Gasteiger partial charge in [-0.1, -0.05) is 30.3 Å². The monoisotopic (exact) mass is 850 g/mol. The predicted molar refractivity (Wildman–Crippen MR) is 242 cm³/mol. The van der Waals surface area contributed by atoms with Crippen LogP contribution in [0.1, 0.15) is 102 Å². The summed E-state index contributed by atoms with van der Waals surface area (Å²) in [6.45, 7) is 6.20. The summed E-state index contributed by atoms with van der Waals surface area (Å²) in [4.78, 5) is 63.5. The third-order valence-corrected chi connectivity index (χ3v) is 12.1. The van der Waals surface area contributed by atoms with Crippen LogP contribution in [-0.2, 0) is 6.54 Å². The number of hydrogen-bond donors (Lipinski definition) is 4. The summed E-state index contributed by atoms with van der Waals surface area (Å²) in [5.74, 6) is 0.823. The second-order valence-corrected chi connectivity index (χ2v) is 16.2. The fourth-order valence-corrected chi connectivity index (χ4v) is 8.85. The number of nitrogens with two attached hydrogens (primary N) is 1. The Labute approximate surface area is 364 Å². The maximum absolute atomic E-state index is 13.2. The van der Waals surface area contributed by atoms with Crippen LogP contribution >= 0.6 is 0 Å². The van der Waals surface area contributed by atoms with Crippen LogP contribution in [0.2, 0.25) is 0 Å². The lowest BCUT2D eigenvalue weighted by Crippen LogP contribution is -2.47. The van der Waals surface area contributed by atoms with Crippen LogP contribution in [0.4, 0.5) is 0 Å². The van der Waals surface area contributed by atoms with Gasteiger partial charge in [0.25, 0.3) is 11.8 Å². The summed E-state index contributed by atoms with van der Waals surface area (Å²) in [5, 5.41) is 3.68. The highest BCUT2D eigenvalue weighted by Crippen LogP contribution is 2.27. The van der Waals surface area contributed by atoms with Gasteiger partial charge in [0.05, 0.1) is 22.1 Å². The predicted octanol–water partition coefficient (Wildman–Crippen LogP) is 8.20. The van der Waals surface area contributed by atoms with E-state index in [1.165, 1.54) is 18.4 Å². The van der Waals surface area contributed by atoms with E-state index in [1.54, 1.807) is 18.2 Å². The molecule has 0 aliphatic heterocycles. The SMILES string of the molecule is CCN(C(=O)c1nc2ccccc2[nH]1)[C@H]1CCC[C@@H](N)C1.CCN(C(=O)c1nc2ccccc2[nH]1)[C@H]1CCC[C@@H](NCc2ccc3ncoc3c2)C1.O=Cc1ccc2ncoc2c1. The number of fused-ring (bicyclic) bond motifs is 4. The number of aldehydes is 1. The van der Waals surface area contributed by atoms with Crippen molar-refractivity contribution in [1.29, 1.82) is 0 Å². The molecule has 4 heterocycles. The van der Waals surface area contributed by atoms with Crippen LogP contribution < -0.4 is 11.1 Å². The van der Waals surface area contributed by atoms with E-state index in [2.05, 4.69) is 41.3 Å². The number of aromatic nitrogens is 6. The Morgan fingerprint density at radius 2 is 1.27 bits per heavy atom. The number of carbonyl (C=O) groups excluding carboxylic acids is 3. The van der Waals surface area contributed by atoms with Crippen molar-refractivity contribution in [3.05, 3.63) is 120 Å². The summed E-state index contributed by atoms with van der Waals surface area (Å²) in [7, 11) is 0. The molecule has 2 aliphatic rings. The number of benzene rings is 4. The molecule has 2 saturated carbocycles. The molecule has 15 nitrogen and oxygen atoms in total. The average Bonchev–Trinajstić information content (AvgIpc) is 4.15. The van der Waals surface area contributed by atoms with E-state index in [9.17, 15) is 14.4 Å². The first-order chi connectivity index (χ1) is 30.8. The molecule has 8 aromatic rings. The molecule has 0 saturated heterocycles. The minimum absolute atomic E-state index is 0.0138. The topological polar surface area (TPSA) is 205 Å². The molecule has 0 unspecified atom stereocenters. The highest BCUT2D eigenvalue weighted by Gasteiger charge is 2.31. The molecule has 2 fully saturated rings. The van der Waals surface area contributed by atoms with Gasteiger partial charge in [0.2, 0.25) is 0 Å². The van der Waals surface area contributed by atoms with Crippen LogP contribution in [0.3, 0.4) is 0 Å². The van der Waals surface area contributed by atoms with Crippen LogP contribution in [0, 0.1) is 0 Å². The number of aromatic amines is 2. The van der Waals surface area contributed by atoms with Crippen LogP contribution in [0.25, 0.3) is 44.3 Å². The summed E-state index contributed by atoms with van der Waals surface area (Å²) in [6, 6.07) is 27.7. The molecule has 63 heavy (non-hydrogen) atoms. The van der Waals surface area contributed by atoms with Gasteiger partial charge in [-0.3, -0.25) is 14.4 Å². The Hall–Kier alpha value is -6.71. The number of nitrogens with one attached hydrogen (secondary N) is 3. The maximum atomic E-state index is 13.2. The molecule has 0 radical (unpaired) electrons. The van der Waals surface area contributed by atoms with Gasteiger partial charge in [-0.15, -0.1) is 0 Å². The summed E-state index contributed by atoms with van der Waals surface area (Å²) in [6.07, 6.45) is 11.9. The Morgan fingerprint density at radius 1 is 0.714 bits per heavy atom. The smallest absolute Gasteiger partial charge is 0.289 e. The van der Waals surface area contributed by atoms with E-state index in [0.29, 0.717) is 41.9 Å². The minimum atomic E-state index is -0.0206. The molecule has 4 aromatic carbocycles. The molecule has 10 rings (SSSR count). The highest BCUT2D eigenvalue weighted by atomic mass is 16.3. The lowest BCUT2D eigenvalue weighted by atomic mass is 9.89. The van der Waals surface area contributed by atoms with E-state index >= 15 is 0 Å². The number of nitrogens with zero attached hydrogens (tertiary/aromatic N) is 6. The lowest BCUT2D eigenvalue weighted by molar-refractivity contribution is 0.0613. The third kappa shape index (κ3) is 10.2. The molecule has 15 heteroatoms. The van der Waals surface area contributed by atoms with E-state index in [1.807, 2.05) is 84.3 Å². The molecule has 0 spiro atoms. The van der Waals surface area contributed by atoms with Gasteiger partial charge in [0.15, 0.2) is 35.6 Å². The lowest BCUT2D eigenvalue weighted by Gasteiger charge is -2.37. The van der Waals surface area contributed by atoms with Crippen molar-refractivity contribution < 1.29 is 23.2 Å². The van der Waals surface area contributed by atoms with Gasteiger partial charge in [0.1, 0.15) is 17.3 Å². The summed E-state index contributed by atoms with van der Waals surface area (Å²) >= 11 is 0. The number of rotatable bonds is 10. The van der Waals surface area contributed by atoms with Crippen molar-refractivity contribution in [2.45, 2.75) is 95.9 Å². The standard InChI is InChI=1S/C24H27N5O2.C16H22N4O.C8H5NO2/c1-2-29(24(30)23-27-19-8-3-4-9-20(19)28-23)18-7-5-6-17(13-18)25-14-16-10-11-21-22(12-16)31-15-26-21;1-2-20(12-7-5-6-11(17)10-12)16(21)15-18-13-8-3-4-9-14(13)19-15;10-4-6-1-2-7-8(3-6)11-5-9-7/h3-4,8-12,15,17-18,25H,2,5-7,13-14H2,1H3,(H,27,28);3-4,8-9,11-12H,2,5-7,10,17H2,1H3,(H,18,19);1-5H/t17-,18+;11-,12+;/m11./s1. The van der Waals surface area contributed by atoms with Gasteiger partial charge in [-0.25, -0.2) is 19.9 Å². The normalized spacial score (nSPS) is 18.7. The fourth-order valence-electron chi connectivity index (χ4n) is 8.85.